The first-order valence-corrected chi connectivity index (χ1v) is 7.75. The predicted molar refractivity (Wildman–Crippen MR) is 78.2 cm³/mol. The maximum Gasteiger partial charge on any atom is 0.244 e. The number of hydrogen-bond donors (Lipinski definition) is 1. The predicted octanol–water partition coefficient (Wildman–Crippen LogP) is 2.68. The van der Waals surface area contributed by atoms with E-state index in [2.05, 4.69) is 42.3 Å². The van der Waals surface area contributed by atoms with Crippen LogP contribution in [0.15, 0.2) is 18.2 Å². The normalized spacial score (nSPS) is 27.4. The third-order valence-electron chi connectivity index (χ3n) is 5.03. The van der Waals surface area contributed by atoms with Crippen LogP contribution in [0.5, 0.6) is 0 Å². The van der Waals surface area contributed by atoms with Crippen molar-refractivity contribution in [3.8, 4) is 0 Å². The molecule has 20 heavy (non-hydrogen) atoms. The number of hydrogen-bond acceptors (Lipinski definition) is 2. The van der Waals surface area contributed by atoms with E-state index in [1.54, 1.807) is 0 Å². The van der Waals surface area contributed by atoms with Gasteiger partial charge in [-0.15, -0.1) is 0 Å². The average Bonchev–Trinajstić information content (AvgIpc) is 3.31. The lowest BCUT2D eigenvalue weighted by atomic mass is 10.0. The van der Waals surface area contributed by atoms with Gasteiger partial charge in [-0.3, -0.25) is 10.1 Å². The van der Waals surface area contributed by atoms with Gasteiger partial charge in [0.15, 0.2) is 0 Å². The summed E-state index contributed by atoms with van der Waals surface area (Å²) in [6.45, 7) is 5.21. The fourth-order valence-electron chi connectivity index (χ4n) is 3.34. The summed E-state index contributed by atoms with van der Waals surface area (Å²) in [4.78, 5) is 14.8. The molecule has 106 valence electrons. The van der Waals surface area contributed by atoms with Crippen molar-refractivity contribution in [1.29, 1.82) is 0 Å². The van der Waals surface area contributed by atoms with Gasteiger partial charge in [-0.05, 0) is 56.6 Å². The van der Waals surface area contributed by atoms with E-state index in [-0.39, 0.29) is 11.7 Å². The molecule has 3 nitrogen and oxygen atoms in total. The smallest absolute Gasteiger partial charge is 0.244 e. The molecule has 1 heterocycles. The third kappa shape index (κ3) is 1.87. The molecule has 0 aromatic heterocycles. The number of carbonyl (C=O) groups is 1. The van der Waals surface area contributed by atoms with Crippen LogP contribution in [0.4, 0.5) is 0 Å². The van der Waals surface area contributed by atoms with E-state index >= 15 is 0 Å². The number of rotatable bonds is 3. The van der Waals surface area contributed by atoms with E-state index in [1.807, 2.05) is 0 Å². The highest BCUT2D eigenvalue weighted by Crippen LogP contribution is 2.47. The first kappa shape index (κ1) is 12.4. The number of nitrogens with one attached hydrogen (secondary N) is 1. The zero-order chi connectivity index (χ0) is 13.9. The Morgan fingerprint density at radius 2 is 2.05 bits per heavy atom. The second-order valence-corrected chi connectivity index (χ2v) is 6.89. The molecule has 1 aliphatic heterocycles. The van der Waals surface area contributed by atoms with E-state index in [4.69, 9.17) is 0 Å². The maximum atomic E-state index is 12.7. The molecular weight excluding hydrogens is 248 g/mol. The lowest BCUT2D eigenvalue weighted by molar-refractivity contribution is -0.131. The molecule has 1 atom stereocenters. The van der Waals surface area contributed by atoms with Gasteiger partial charge in [-0.25, -0.2) is 0 Å². The molecule has 3 heteroatoms. The topological polar surface area (TPSA) is 32.3 Å². The summed E-state index contributed by atoms with van der Waals surface area (Å²) in [7, 11) is 0. The van der Waals surface area contributed by atoms with E-state index in [0.717, 1.165) is 25.3 Å². The Morgan fingerprint density at radius 3 is 2.70 bits per heavy atom. The van der Waals surface area contributed by atoms with E-state index in [1.165, 1.54) is 29.5 Å². The van der Waals surface area contributed by atoms with Crippen molar-refractivity contribution in [3.05, 3.63) is 34.9 Å². The molecule has 1 spiro atoms. The van der Waals surface area contributed by atoms with Crippen molar-refractivity contribution in [2.75, 3.05) is 6.54 Å². The molecule has 1 saturated heterocycles. The average molecular weight is 270 g/mol. The largest absolute Gasteiger partial charge is 0.321 e. The van der Waals surface area contributed by atoms with E-state index in [9.17, 15) is 4.79 Å². The molecule has 3 fully saturated rings. The van der Waals surface area contributed by atoms with Crippen molar-refractivity contribution >= 4 is 5.91 Å². The van der Waals surface area contributed by atoms with E-state index in [0.29, 0.717) is 5.91 Å². The van der Waals surface area contributed by atoms with Gasteiger partial charge in [0, 0.05) is 6.54 Å². The molecule has 1 amide bonds. The minimum atomic E-state index is -0.213. The van der Waals surface area contributed by atoms with Gasteiger partial charge in [0.2, 0.25) is 5.91 Å². The van der Waals surface area contributed by atoms with Crippen LogP contribution >= 0.6 is 0 Å². The van der Waals surface area contributed by atoms with Gasteiger partial charge in [0.1, 0.15) is 11.7 Å². The van der Waals surface area contributed by atoms with Crippen LogP contribution in [0.2, 0.25) is 0 Å². The number of benzene rings is 1. The Hall–Kier alpha value is -1.35. The van der Waals surface area contributed by atoms with Gasteiger partial charge in [0.05, 0.1) is 0 Å². The molecule has 0 radical (unpaired) electrons. The summed E-state index contributed by atoms with van der Waals surface area (Å²) in [6.07, 6.45) is 4.68. The van der Waals surface area contributed by atoms with Crippen LogP contribution in [0.3, 0.4) is 0 Å². The summed E-state index contributed by atoms with van der Waals surface area (Å²) < 4.78 is 0. The van der Waals surface area contributed by atoms with E-state index < -0.39 is 0 Å². The molecule has 1 aromatic rings. The number of aryl methyl sites for hydroxylation is 2. The van der Waals surface area contributed by atoms with Crippen LogP contribution in [-0.2, 0) is 4.79 Å². The summed E-state index contributed by atoms with van der Waals surface area (Å²) in [5.74, 6) is 1.08. The molecule has 1 aromatic carbocycles. The van der Waals surface area contributed by atoms with Crippen LogP contribution in [0.25, 0.3) is 0 Å². The molecule has 2 aliphatic carbocycles. The fourth-order valence-corrected chi connectivity index (χ4v) is 3.34. The zero-order valence-corrected chi connectivity index (χ0v) is 12.3. The fraction of sp³-hybridized carbons (Fsp3) is 0.588. The summed E-state index contributed by atoms with van der Waals surface area (Å²) in [5, 5.41) is 3.64. The number of carbonyl (C=O) groups excluding carboxylic acids is 1. The third-order valence-corrected chi connectivity index (χ3v) is 5.03. The lowest BCUT2D eigenvalue weighted by Gasteiger charge is -2.26. The Morgan fingerprint density at radius 1 is 1.30 bits per heavy atom. The van der Waals surface area contributed by atoms with Crippen molar-refractivity contribution in [2.24, 2.45) is 5.92 Å². The molecule has 1 N–H and O–H groups in total. The van der Waals surface area contributed by atoms with Crippen LogP contribution < -0.4 is 5.32 Å². The van der Waals surface area contributed by atoms with Gasteiger partial charge in [-0.2, -0.15) is 0 Å². The SMILES string of the molecule is Cc1ccc(C)c(C2NC3(CC3)C(=O)N2CC2CC2)c1. The van der Waals surface area contributed by atoms with Crippen LogP contribution in [0.1, 0.15) is 48.5 Å². The Balaban J connectivity index is 1.70. The minimum Gasteiger partial charge on any atom is -0.321 e. The maximum absolute atomic E-state index is 12.7. The van der Waals surface area contributed by atoms with Crippen LogP contribution in [0, 0.1) is 19.8 Å². The van der Waals surface area contributed by atoms with Crippen LogP contribution in [-0.4, -0.2) is 22.9 Å². The lowest BCUT2D eigenvalue weighted by Crippen LogP contribution is -2.33. The zero-order valence-electron chi connectivity index (χ0n) is 12.3. The van der Waals surface area contributed by atoms with Gasteiger partial charge in [0.25, 0.3) is 0 Å². The molecule has 2 saturated carbocycles. The summed E-state index contributed by atoms with van der Waals surface area (Å²) >= 11 is 0. The highest BCUT2D eigenvalue weighted by Gasteiger charge is 2.59. The monoisotopic (exact) mass is 270 g/mol. The first-order chi connectivity index (χ1) is 9.59. The van der Waals surface area contributed by atoms with Crippen molar-refractivity contribution in [2.45, 2.75) is 51.2 Å². The molecular formula is C17H22N2O. The highest BCUT2D eigenvalue weighted by molar-refractivity contribution is 5.92. The van der Waals surface area contributed by atoms with Gasteiger partial charge < -0.3 is 4.90 Å². The number of nitrogens with zero attached hydrogens (tertiary/aromatic N) is 1. The molecule has 1 unspecified atom stereocenters. The first-order valence-electron chi connectivity index (χ1n) is 7.75. The molecule has 0 bridgehead atoms. The van der Waals surface area contributed by atoms with Crippen molar-refractivity contribution in [3.63, 3.8) is 0 Å². The Bertz CT molecular complexity index is 572. The van der Waals surface area contributed by atoms with Crippen molar-refractivity contribution < 1.29 is 4.79 Å². The number of amides is 1. The standard InChI is InChI=1S/C17H22N2O/c1-11-3-4-12(2)14(9-11)15-18-17(7-8-17)16(20)19(15)10-13-5-6-13/h3-4,9,13,15,18H,5-8,10H2,1-2H3. The van der Waals surface area contributed by atoms with Gasteiger partial charge in [-0.1, -0.05) is 23.8 Å². The van der Waals surface area contributed by atoms with Gasteiger partial charge >= 0.3 is 0 Å². The molecule has 3 aliphatic rings. The summed E-state index contributed by atoms with van der Waals surface area (Å²) in [5.41, 5.74) is 3.61. The van der Waals surface area contributed by atoms with Crippen molar-refractivity contribution in [1.82, 2.24) is 10.2 Å². The molecule has 4 rings (SSSR count). The second kappa shape index (κ2) is 4.08. The quantitative estimate of drug-likeness (QED) is 0.916. The Kier molecular flexibility index (Phi) is 2.53. The Labute approximate surface area is 120 Å². The minimum absolute atomic E-state index is 0.0884. The highest BCUT2D eigenvalue weighted by atomic mass is 16.2. The summed E-state index contributed by atoms with van der Waals surface area (Å²) in [6, 6.07) is 6.55. The second-order valence-electron chi connectivity index (χ2n) is 6.89.